The highest BCUT2D eigenvalue weighted by molar-refractivity contribution is 5.88. The summed E-state index contributed by atoms with van der Waals surface area (Å²) in [4.78, 5) is 19.0. The van der Waals surface area contributed by atoms with Gasteiger partial charge in [0, 0.05) is 23.0 Å². The first-order chi connectivity index (χ1) is 19.7. The van der Waals surface area contributed by atoms with Crippen molar-refractivity contribution in [2.24, 2.45) is 0 Å². The van der Waals surface area contributed by atoms with Gasteiger partial charge in [-0.3, -0.25) is 4.79 Å². The number of benzene rings is 3. The number of furan rings is 1. The number of H-pyrrole nitrogens is 1. The molecule has 210 valence electrons. The molecular weight excluding hydrogens is 533 g/mol. The molecule has 0 unspecified atom stereocenters. The summed E-state index contributed by atoms with van der Waals surface area (Å²) in [6.45, 7) is 2.05. The number of nitrogens with zero attached hydrogens (tertiary/aromatic N) is 1. The van der Waals surface area contributed by atoms with E-state index in [1.54, 1.807) is 37.1 Å². The number of hydrogen-bond donors (Lipinski definition) is 1. The normalized spacial score (nSPS) is 15.9. The van der Waals surface area contributed by atoms with E-state index in [1.165, 1.54) is 24.3 Å². The van der Waals surface area contributed by atoms with E-state index in [4.69, 9.17) is 13.9 Å². The molecule has 5 aromatic rings. The molecule has 0 spiro atoms. The van der Waals surface area contributed by atoms with Crippen molar-refractivity contribution in [3.63, 3.8) is 0 Å². The fourth-order valence-corrected chi connectivity index (χ4v) is 5.50. The maximum Gasteiger partial charge on any atom is 0.417 e. The van der Waals surface area contributed by atoms with Crippen molar-refractivity contribution in [1.29, 1.82) is 0 Å². The van der Waals surface area contributed by atoms with E-state index < -0.39 is 23.9 Å². The van der Waals surface area contributed by atoms with Gasteiger partial charge >= 0.3 is 6.18 Å². The number of para-hydroxylation sites is 1. The zero-order chi connectivity index (χ0) is 28.7. The zero-order valence-electron chi connectivity index (χ0n) is 22.4. The fourth-order valence-electron chi connectivity index (χ4n) is 5.50. The molecule has 3 aromatic carbocycles. The largest absolute Gasteiger partial charge is 0.497 e. The molecule has 2 aromatic heterocycles. The summed E-state index contributed by atoms with van der Waals surface area (Å²) in [7, 11) is 1.60. The van der Waals surface area contributed by atoms with Crippen LogP contribution in [0.25, 0.3) is 22.2 Å². The molecule has 1 amide bonds. The van der Waals surface area contributed by atoms with Crippen molar-refractivity contribution in [1.82, 2.24) is 9.88 Å². The van der Waals surface area contributed by atoms with Crippen molar-refractivity contribution in [2.75, 3.05) is 13.7 Å². The van der Waals surface area contributed by atoms with Crippen molar-refractivity contribution in [3.8, 4) is 22.8 Å². The third-order valence-corrected chi connectivity index (χ3v) is 7.42. The van der Waals surface area contributed by atoms with E-state index in [2.05, 4.69) is 4.98 Å². The second-order valence-corrected chi connectivity index (χ2v) is 9.93. The van der Waals surface area contributed by atoms with E-state index in [-0.39, 0.29) is 17.2 Å². The first kappa shape index (κ1) is 26.6. The lowest BCUT2D eigenvalue weighted by atomic mass is 9.95. The average Bonchev–Trinajstić information content (AvgIpc) is 3.61. The minimum Gasteiger partial charge on any atom is -0.497 e. The number of nitrogens with one attached hydrogen (secondary N) is 1. The number of fused-ring (bicyclic) bond motifs is 3. The maximum absolute atomic E-state index is 13.9. The van der Waals surface area contributed by atoms with Crippen molar-refractivity contribution >= 4 is 16.8 Å². The molecule has 0 bridgehead atoms. The first-order valence-corrected chi connectivity index (χ1v) is 13.2. The molecule has 1 N–H and O–H groups in total. The van der Waals surface area contributed by atoms with Gasteiger partial charge in [0.05, 0.1) is 18.4 Å². The van der Waals surface area contributed by atoms with Crippen LogP contribution < -0.4 is 9.47 Å². The first-order valence-electron chi connectivity index (χ1n) is 13.2. The summed E-state index contributed by atoms with van der Waals surface area (Å²) in [6, 6.07) is 22.5. The van der Waals surface area contributed by atoms with Gasteiger partial charge in [0.15, 0.2) is 6.10 Å². The number of carbonyl (C=O) groups excluding carboxylic acids is 1. The summed E-state index contributed by atoms with van der Waals surface area (Å²) >= 11 is 0. The summed E-state index contributed by atoms with van der Waals surface area (Å²) in [6.07, 6.45) is -4.80. The second-order valence-electron chi connectivity index (χ2n) is 9.93. The van der Waals surface area contributed by atoms with Crippen LogP contribution in [0.3, 0.4) is 0 Å². The van der Waals surface area contributed by atoms with Crippen LogP contribution >= 0.6 is 0 Å². The number of alkyl halides is 3. The van der Waals surface area contributed by atoms with Gasteiger partial charge in [0.1, 0.15) is 29.1 Å². The topological polar surface area (TPSA) is 67.7 Å². The molecule has 0 saturated carbocycles. The van der Waals surface area contributed by atoms with Crippen LogP contribution in [0.15, 0.2) is 89.3 Å². The van der Waals surface area contributed by atoms with Gasteiger partial charge in [-0.25, -0.2) is 0 Å². The highest BCUT2D eigenvalue weighted by Gasteiger charge is 2.39. The number of halogens is 3. The number of carbonyl (C=O) groups is 1. The Morgan fingerprint density at radius 3 is 2.51 bits per heavy atom. The van der Waals surface area contributed by atoms with E-state index >= 15 is 0 Å². The molecule has 2 atom stereocenters. The third kappa shape index (κ3) is 4.92. The lowest BCUT2D eigenvalue weighted by Crippen LogP contribution is -2.46. The monoisotopic (exact) mass is 560 g/mol. The van der Waals surface area contributed by atoms with Crippen molar-refractivity contribution in [3.05, 3.63) is 108 Å². The fraction of sp³-hybridized carbons (Fsp3) is 0.219. The van der Waals surface area contributed by atoms with Gasteiger partial charge in [0.25, 0.3) is 5.91 Å². The molecule has 3 heterocycles. The molecule has 6 rings (SSSR count). The molecule has 0 aliphatic carbocycles. The molecule has 6 nitrogen and oxygen atoms in total. The van der Waals surface area contributed by atoms with Gasteiger partial charge in [-0.1, -0.05) is 36.4 Å². The van der Waals surface area contributed by atoms with Crippen LogP contribution in [0.2, 0.25) is 0 Å². The van der Waals surface area contributed by atoms with E-state index in [0.29, 0.717) is 30.2 Å². The Morgan fingerprint density at radius 1 is 1.00 bits per heavy atom. The zero-order valence-corrected chi connectivity index (χ0v) is 22.4. The van der Waals surface area contributed by atoms with E-state index in [9.17, 15) is 18.0 Å². The van der Waals surface area contributed by atoms with Gasteiger partial charge < -0.3 is 23.8 Å². The summed E-state index contributed by atoms with van der Waals surface area (Å²) in [5.74, 6) is 1.40. The molecule has 0 fully saturated rings. The number of aromatic amines is 1. The summed E-state index contributed by atoms with van der Waals surface area (Å²) < 4.78 is 58.9. The van der Waals surface area contributed by atoms with Crippen molar-refractivity contribution < 1.29 is 31.9 Å². The molecule has 0 saturated heterocycles. The Morgan fingerprint density at radius 2 is 1.76 bits per heavy atom. The predicted octanol–water partition coefficient (Wildman–Crippen LogP) is 7.40. The average molecular weight is 561 g/mol. The van der Waals surface area contributed by atoms with Crippen LogP contribution in [0.1, 0.15) is 35.5 Å². The molecule has 1 aliphatic heterocycles. The van der Waals surface area contributed by atoms with Gasteiger partial charge in [0.2, 0.25) is 0 Å². The molecular formula is C32H27F3N2O4. The minimum atomic E-state index is -4.55. The van der Waals surface area contributed by atoms with Gasteiger partial charge in [-0.2, -0.15) is 13.2 Å². The number of amides is 1. The molecule has 0 radical (unpaired) electrons. The number of methoxy groups -OCH3 is 1. The smallest absolute Gasteiger partial charge is 0.417 e. The van der Waals surface area contributed by atoms with Crippen LogP contribution in [0.5, 0.6) is 11.5 Å². The van der Waals surface area contributed by atoms with Gasteiger partial charge in [-0.05, 0) is 67.4 Å². The van der Waals surface area contributed by atoms with Gasteiger partial charge in [-0.15, -0.1) is 0 Å². The van der Waals surface area contributed by atoms with Crippen LogP contribution in [0, 0.1) is 0 Å². The number of ether oxygens (including phenoxy) is 2. The standard InChI is InChI=1S/C32H27F3N2O4/c1-19(40-20-8-4-3-5-9-20)31(38)37-17-16-22-24-18-21(39-2)12-13-26(24)36-29(22)30(37)28-15-14-27(41-28)23-10-6-7-11-25(23)32(33,34)35/h3-15,18-19,30,36H,16-17H2,1-2H3/t19-,30+/m1/s1. The lowest BCUT2D eigenvalue weighted by molar-refractivity contribution is -0.140. The minimum absolute atomic E-state index is 0.0673. The summed E-state index contributed by atoms with van der Waals surface area (Å²) in [5.41, 5.74) is 1.74. The SMILES string of the molecule is COc1ccc2[nH]c3c(c2c1)CCN(C(=O)[C@@H](C)Oc1ccccc1)[C@H]3c1ccc(-c2ccccc2C(F)(F)F)o1. The summed E-state index contributed by atoms with van der Waals surface area (Å²) in [5, 5.41) is 0.958. The van der Waals surface area contributed by atoms with E-state index in [0.717, 1.165) is 28.2 Å². The Hall–Kier alpha value is -4.66. The highest BCUT2D eigenvalue weighted by atomic mass is 19.4. The predicted molar refractivity (Wildman–Crippen MR) is 148 cm³/mol. The van der Waals surface area contributed by atoms with Crippen molar-refractivity contribution in [2.45, 2.75) is 31.7 Å². The molecule has 41 heavy (non-hydrogen) atoms. The molecule has 1 aliphatic rings. The highest BCUT2D eigenvalue weighted by Crippen LogP contribution is 2.43. The number of aromatic nitrogens is 1. The molecule has 9 heteroatoms. The van der Waals surface area contributed by atoms with Crippen LogP contribution in [0.4, 0.5) is 13.2 Å². The number of rotatable bonds is 6. The Bertz CT molecular complexity index is 1710. The van der Waals surface area contributed by atoms with E-state index in [1.807, 2.05) is 36.4 Å². The Kier molecular flexibility index (Phi) is 6.73. The number of hydrogen-bond acceptors (Lipinski definition) is 4. The van der Waals surface area contributed by atoms with Crippen LogP contribution in [-0.2, 0) is 17.4 Å². The second kappa shape index (κ2) is 10.4. The Balaban J connectivity index is 1.44. The van der Waals surface area contributed by atoms with Crippen LogP contribution in [-0.4, -0.2) is 35.5 Å². The lowest BCUT2D eigenvalue weighted by Gasteiger charge is -2.36. The third-order valence-electron chi connectivity index (χ3n) is 7.42. The maximum atomic E-state index is 13.9. The Labute approximate surface area is 234 Å². The quantitative estimate of drug-likeness (QED) is 0.235.